The lowest BCUT2D eigenvalue weighted by atomic mass is 10.1. The maximum Gasteiger partial charge on any atom is 0.270 e. The summed E-state index contributed by atoms with van der Waals surface area (Å²) in [4.78, 5) is 21.5. The standard InChI is InChI=1S/C15H12BrNO4/c1-10(18)11-3-2-4-14(7-11)21-9-12-5-6-13(17(19)20)8-15(12)16/h2-8H,9H2,1H3. The van der Waals surface area contributed by atoms with E-state index >= 15 is 0 Å². The van der Waals surface area contributed by atoms with Gasteiger partial charge in [0.1, 0.15) is 12.4 Å². The molecule has 0 saturated carbocycles. The van der Waals surface area contributed by atoms with Crippen molar-refractivity contribution in [2.45, 2.75) is 13.5 Å². The molecule has 0 aliphatic rings. The molecule has 5 nitrogen and oxygen atoms in total. The molecule has 0 atom stereocenters. The molecular formula is C15H12BrNO4. The van der Waals surface area contributed by atoms with Crippen LogP contribution in [0.15, 0.2) is 46.9 Å². The van der Waals surface area contributed by atoms with Crippen LogP contribution in [0, 0.1) is 10.1 Å². The Kier molecular flexibility index (Phi) is 4.70. The zero-order valence-electron chi connectivity index (χ0n) is 11.2. The lowest BCUT2D eigenvalue weighted by Gasteiger charge is -2.08. The highest BCUT2D eigenvalue weighted by molar-refractivity contribution is 9.10. The van der Waals surface area contributed by atoms with Gasteiger partial charge in [0.05, 0.1) is 4.92 Å². The molecule has 0 fully saturated rings. The molecule has 6 heteroatoms. The van der Waals surface area contributed by atoms with Crippen LogP contribution in [-0.2, 0) is 6.61 Å². The summed E-state index contributed by atoms with van der Waals surface area (Å²) in [7, 11) is 0. The topological polar surface area (TPSA) is 69.4 Å². The first-order valence-electron chi connectivity index (χ1n) is 6.14. The molecule has 0 unspecified atom stereocenters. The monoisotopic (exact) mass is 349 g/mol. The summed E-state index contributed by atoms with van der Waals surface area (Å²) in [5.41, 5.74) is 1.38. The van der Waals surface area contributed by atoms with Crippen LogP contribution in [-0.4, -0.2) is 10.7 Å². The highest BCUT2D eigenvalue weighted by Gasteiger charge is 2.09. The van der Waals surface area contributed by atoms with Crippen LogP contribution >= 0.6 is 15.9 Å². The minimum atomic E-state index is -0.453. The quantitative estimate of drug-likeness (QED) is 0.462. The van der Waals surface area contributed by atoms with Crippen LogP contribution in [0.1, 0.15) is 22.8 Å². The Labute approximate surface area is 129 Å². The van der Waals surface area contributed by atoms with Crippen molar-refractivity contribution < 1.29 is 14.5 Å². The van der Waals surface area contributed by atoms with E-state index in [0.29, 0.717) is 15.8 Å². The average Bonchev–Trinajstić information content (AvgIpc) is 2.46. The van der Waals surface area contributed by atoms with Crippen LogP contribution in [0.3, 0.4) is 0 Å². The van der Waals surface area contributed by atoms with E-state index in [1.165, 1.54) is 19.1 Å². The molecule has 0 saturated heterocycles. The number of hydrogen-bond donors (Lipinski definition) is 0. The molecular weight excluding hydrogens is 338 g/mol. The summed E-state index contributed by atoms with van der Waals surface area (Å²) in [6, 6.07) is 11.4. The third-order valence-electron chi connectivity index (χ3n) is 2.88. The van der Waals surface area contributed by atoms with Crippen LogP contribution < -0.4 is 4.74 Å². The van der Waals surface area contributed by atoms with Crippen LogP contribution in [0.2, 0.25) is 0 Å². The number of nitro groups is 1. The SMILES string of the molecule is CC(=O)c1cccc(OCc2ccc([N+](=O)[O-])cc2Br)c1. The van der Waals surface area contributed by atoms with E-state index in [-0.39, 0.29) is 18.1 Å². The van der Waals surface area contributed by atoms with Gasteiger partial charge in [-0.2, -0.15) is 0 Å². The second-order valence-electron chi connectivity index (χ2n) is 4.41. The molecule has 2 aromatic carbocycles. The summed E-state index contributed by atoms with van der Waals surface area (Å²) in [6.07, 6.45) is 0. The van der Waals surface area contributed by atoms with Gasteiger partial charge in [0.25, 0.3) is 5.69 Å². The van der Waals surface area contributed by atoms with Crippen molar-refractivity contribution >= 4 is 27.4 Å². The third kappa shape index (κ3) is 3.88. The Hall–Kier alpha value is -2.21. The summed E-state index contributed by atoms with van der Waals surface area (Å²) in [6.45, 7) is 1.74. The van der Waals surface area contributed by atoms with Crippen molar-refractivity contribution in [1.29, 1.82) is 0 Å². The minimum Gasteiger partial charge on any atom is -0.489 e. The molecule has 0 N–H and O–H groups in total. The number of halogens is 1. The second-order valence-corrected chi connectivity index (χ2v) is 5.26. The fourth-order valence-electron chi connectivity index (χ4n) is 1.73. The van der Waals surface area contributed by atoms with E-state index in [4.69, 9.17) is 4.74 Å². The molecule has 0 amide bonds. The van der Waals surface area contributed by atoms with E-state index < -0.39 is 4.92 Å². The van der Waals surface area contributed by atoms with Crippen molar-refractivity contribution in [3.8, 4) is 5.75 Å². The molecule has 2 rings (SSSR count). The average molecular weight is 350 g/mol. The Morgan fingerprint density at radius 1 is 1.29 bits per heavy atom. The number of nitro benzene ring substituents is 1. The minimum absolute atomic E-state index is 0.0178. The third-order valence-corrected chi connectivity index (χ3v) is 3.62. The summed E-state index contributed by atoms with van der Waals surface area (Å²) in [5.74, 6) is 0.546. The maximum atomic E-state index is 11.3. The van der Waals surface area contributed by atoms with Gasteiger partial charge in [-0.05, 0) is 25.1 Å². The number of rotatable bonds is 5. The first kappa shape index (κ1) is 15.2. The largest absolute Gasteiger partial charge is 0.489 e. The van der Waals surface area contributed by atoms with E-state index in [9.17, 15) is 14.9 Å². The highest BCUT2D eigenvalue weighted by atomic mass is 79.9. The number of carbonyl (C=O) groups is 1. The van der Waals surface area contributed by atoms with Gasteiger partial charge in [-0.3, -0.25) is 14.9 Å². The van der Waals surface area contributed by atoms with E-state index in [1.54, 1.807) is 30.3 Å². The van der Waals surface area contributed by atoms with Gasteiger partial charge in [0, 0.05) is 27.7 Å². The molecule has 21 heavy (non-hydrogen) atoms. The number of Topliss-reactive ketones (excluding diaryl/α,β-unsaturated/α-hetero) is 1. The van der Waals surface area contributed by atoms with E-state index in [0.717, 1.165) is 5.56 Å². The molecule has 0 aromatic heterocycles. The number of nitrogens with zero attached hydrogens (tertiary/aromatic N) is 1. The Bertz CT molecular complexity index is 700. The predicted octanol–water partition coefficient (Wildman–Crippen LogP) is 4.14. The summed E-state index contributed by atoms with van der Waals surface area (Å²) in [5, 5.41) is 10.7. The van der Waals surface area contributed by atoms with Gasteiger partial charge < -0.3 is 4.74 Å². The molecule has 108 valence electrons. The van der Waals surface area contributed by atoms with Gasteiger partial charge in [-0.1, -0.05) is 28.1 Å². The fourth-order valence-corrected chi connectivity index (χ4v) is 2.21. The smallest absolute Gasteiger partial charge is 0.270 e. The molecule has 0 spiro atoms. The van der Waals surface area contributed by atoms with Crippen LogP contribution in [0.25, 0.3) is 0 Å². The number of ketones is 1. The number of carbonyl (C=O) groups excluding carboxylic acids is 1. The Morgan fingerprint density at radius 2 is 2.05 bits per heavy atom. The molecule has 2 aromatic rings. The first-order valence-corrected chi connectivity index (χ1v) is 6.93. The molecule has 0 heterocycles. The highest BCUT2D eigenvalue weighted by Crippen LogP contribution is 2.24. The predicted molar refractivity (Wildman–Crippen MR) is 81.6 cm³/mol. The molecule has 0 aliphatic carbocycles. The van der Waals surface area contributed by atoms with Crippen molar-refractivity contribution in [3.05, 3.63) is 68.2 Å². The van der Waals surface area contributed by atoms with Gasteiger partial charge in [-0.15, -0.1) is 0 Å². The van der Waals surface area contributed by atoms with E-state index in [2.05, 4.69) is 15.9 Å². The zero-order chi connectivity index (χ0) is 15.4. The van der Waals surface area contributed by atoms with Crippen molar-refractivity contribution in [1.82, 2.24) is 0 Å². The molecule has 0 bridgehead atoms. The maximum absolute atomic E-state index is 11.3. The van der Waals surface area contributed by atoms with Gasteiger partial charge >= 0.3 is 0 Å². The Morgan fingerprint density at radius 3 is 2.67 bits per heavy atom. The second kappa shape index (κ2) is 6.49. The number of benzene rings is 2. The van der Waals surface area contributed by atoms with Crippen LogP contribution in [0.5, 0.6) is 5.75 Å². The van der Waals surface area contributed by atoms with E-state index in [1.807, 2.05) is 0 Å². The molecule has 0 aliphatic heterocycles. The van der Waals surface area contributed by atoms with Crippen molar-refractivity contribution in [3.63, 3.8) is 0 Å². The lowest BCUT2D eigenvalue weighted by molar-refractivity contribution is -0.384. The van der Waals surface area contributed by atoms with Gasteiger partial charge in [0.2, 0.25) is 0 Å². The summed E-state index contributed by atoms with van der Waals surface area (Å²) >= 11 is 3.29. The number of non-ortho nitro benzene ring substituents is 1. The number of hydrogen-bond acceptors (Lipinski definition) is 4. The fraction of sp³-hybridized carbons (Fsp3) is 0.133. The Balaban J connectivity index is 2.11. The van der Waals surface area contributed by atoms with Gasteiger partial charge in [0.15, 0.2) is 5.78 Å². The molecule has 0 radical (unpaired) electrons. The van der Waals surface area contributed by atoms with Gasteiger partial charge in [-0.25, -0.2) is 0 Å². The normalized spacial score (nSPS) is 10.2. The zero-order valence-corrected chi connectivity index (χ0v) is 12.8. The van der Waals surface area contributed by atoms with Crippen molar-refractivity contribution in [2.24, 2.45) is 0 Å². The first-order chi connectivity index (χ1) is 9.97. The lowest BCUT2D eigenvalue weighted by Crippen LogP contribution is -1.99. The number of ether oxygens (including phenoxy) is 1. The van der Waals surface area contributed by atoms with Crippen molar-refractivity contribution in [2.75, 3.05) is 0 Å². The summed E-state index contributed by atoms with van der Waals surface area (Å²) < 4.78 is 6.22. The van der Waals surface area contributed by atoms with Crippen LogP contribution in [0.4, 0.5) is 5.69 Å².